The number of carbonyl (C=O) groups is 4. The second-order valence-corrected chi connectivity index (χ2v) is 7.06. The molecule has 0 unspecified atom stereocenters. The van der Waals surface area contributed by atoms with E-state index in [9.17, 15) is 19.2 Å². The maximum Gasteiger partial charge on any atom is 0.321 e. The molecule has 1 aromatic rings. The largest absolute Gasteiger partial charge is 0.455 e. The molecule has 1 aliphatic rings. The Hall–Kier alpha value is -2.90. The highest BCUT2D eigenvalue weighted by Crippen LogP contribution is 2.29. The van der Waals surface area contributed by atoms with Gasteiger partial charge in [-0.2, -0.15) is 0 Å². The van der Waals surface area contributed by atoms with Gasteiger partial charge in [0, 0.05) is 24.7 Å². The predicted octanol–water partition coefficient (Wildman–Crippen LogP) is 1.82. The van der Waals surface area contributed by atoms with Gasteiger partial charge in [-0.25, -0.2) is 4.79 Å². The Balaban J connectivity index is 1.87. The molecule has 0 bridgehead atoms. The highest BCUT2D eigenvalue weighted by atomic mass is 16.5. The van der Waals surface area contributed by atoms with Gasteiger partial charge in [0.25, 0.3) is 5.91 Å². The summed E-state index contributed by atoms with van der Waals surface area (Å²) in [7, 11) is 0. The number of nitrogens with one attached hydrogen (secondary N) is 2. The minimum Gasteiger partial charge on any atom is -0.455 e. The van der Waals surface area contributed by atoms with E-state index in [-0.39, 0.29) is 24.9 Å². The lowest BCUT2D eigenvalue weighted by Crippen LogP contribution is -2.44. The molecule has 2 atom stereocenters. The van der Waals surface area contributed by atoms with E-state index in [1.807, 2.05) is 45.9 Å². The van der Waals surface area contributed by atoms with Gasteiger partial charge in [0.05, 0.1) is 5.92 Å². The van der Waals surface area contributed by atoms with E-state index in [4.69, 9.17) is 4.74 Å². The number of nitrogens with zero attached hydrogens (tertiary/aromatic N) is 1. The number of anilines is 1. The van der Waals surface area contributed by atoms with Crippen molar-refractivity contribution in [2.75, 3.05) is 18.1 Å². The number of benzene rings is 1. The summed E-state index contributed by atoms with van der Waals surface area (Å²) in [6.07, 6.45) is 0.756. The van der Waals surface area contributed by atoms with Gasteiger partial charge < -0.3 is 15.0 Å². The first-order valence-electron chi connectivity index (χ1n) is 9.36. The quantitative estimate of drug-likeness (QED) is 0.722. The van der Waals surface area contributed by atoms with E-state index in [0.717, 1.165) is 23.2 Å². The molecule has 1 fully saturated rings. The van der Waals surface area contributed by atoms with E-state index in [1.165, 1.54) is 0 Å². The van der Waals surface area contributed by atoms with Gasteiger partial charge in [-0.3, -0.25) is 19.7 Å². The predicted molar refractivity (Wildman–Crippen MR) is 104 cm³/mol. The standard InChI is InChI=1S/C20H27N3O5/c1-5-13(3)21-20(27)22-17(24)11-28-19(26)15-9-18(25)23(10-15)16-8-6-7-12(2)14(16)4/h6-8,13,15H,5,9-11H2,1-4H3,(H2,21,22,24,27)/t13-,15-/m0/s1. The number of imide groups is 1. The van der Waals surface area contributed by atoms with Crippen LogP contribution in [-0.4, -0.2) is 43.0 Å². The van der Waals surface area contributed by atoms with E-state index in [1.54, 1.807) is 4.90 Å². The molecule has 1 heterocycles. The Bertz CT molecular complexity index is 777. The van der Waals surface area contributed by atoms with Crippen LogP contribution in [0.25, 0.3) is 0 Å². The van der Waals surface area contributed by atoms with E-state index < -0.39 is 30.4 Å². The van der Waals surface area contributed by atoms with Gasteiger partial charge in [0.2, 0.25) is 5.91 Å². The zero-order valence-electron chi connectivity index (χ0n) is 16.7. The molecule has 152 valence electrons. The van der Waals surface area contributed by atoms with Crippen LogP contribution >= 0.6 is 0 Å². The Morgan fingerprint density at radius 3 is 2.68 bits per heavy atom. The summed E-state index contributed by atoms with van der Waals surface area (Å²) < 4.78 is 5.00. The molecule has 1 saturated heterocycles. The second-order valence-electron chi connectivity index (χ2n) is 7.06. The Morgan fingerprint density at radius 2 is 2.00 bits per heavy atom. The molecule has 0 spiro atoms. The average molecular weight is 389 g/mol. The number of rotatable bonds is 6. The first-order chi connectivity index (χ1) is 13.2. The molecule has 0 aromatic heterocycles. The average Bonchev–Trinajstić information content (AvgIpc) is 3.03. The zero-order chi connectivity index (χ0) is 20.8. The molecule has 2 rings (SSSR count). The van der Waals surface area contributed by atoms with Crippen LogP contribution < -0.4 is 15.5 Å². The Labute approximate surface area is 164 Å². The van der Waals surface area contributed by atoms with Crippen LogP contribution in [0.1, 0.15) is 37.8 Å². The third-order valence-electron chi connectivity index (χ3n) is 4.91. The maximum atomic E-state index is 12.4. The molecule has 1 aliphatic heterocycles. The van der Waals surface area contributed by atoms with Crippen LogP contribution in [0.5, 0.6) is 0 Å². The summed E-state index contributed by atoms with van der Waals surface area (Å²) in [6, 6.07) is 4.97. The van der Waals surface area contributed by atoms with Crippen LogP contribution in [-0.2, 0) is 19.1 Å². The van der Waals surface area contributed by atoms with Gasteiger partial charge in [-0.1, -0.05) is 19.1 Å². The number of hydrogen-bond donors (Lipinski definition) is 2. The van der Waals surface area contributed by atoms with Crippen molar-refractivity contribution in [3.8, 4) is 0 Å². The molecule has 8 heteroatoms. The van der Waals surface area contributed by atoms with Crippen molar-refractivity contribution in [2.45, 2.75) is 46.6 Å². The summed E-state index contributed by atoms with van der Waals surface area (Å²) >= 11 is 0. The Kier molecular flexibility index (Phi) is 7.14. The van der Waals surface area contributed by atoms with Crippen LogP contribution in [0.3, 0.4) is 0 Å². The maximum absolute atomic E-state index is 12.4. The monoisotopic (exact) mass is 389 g/mol. The number of urea groups is 1. The number of esters is 1. The topological polar surface area (TPSA) is 105 Å². The number of ether oxygens (including phenoxy) is 1. The molecular formula is C20H27N3O5. The molecule has 0 radical (unpaired) electrons. The number of aryl methyl sites for hydroxylation is 1. The molecular weight excluding hydrogens is 362 g/mol. The summed E-state index contributed by atoms with van der Waals surface area (Å²) in [6.45, 7) is 7.24. The molecule has 4 amide bonds. The van der Waals surface area contributed by atoms with Crippen molar-refractivity contribution in [2.24, 2.45) is 5.92 Å². The smallest absolute Gasteiger partial charge is 0.321 e. The summed E-state index contributed by atoms with van der Waals surface area (Å²) in [5, 5.41) is 4.68. The fourth-order valence-corrected chi connectivity index (χ4v) is 2.91. The first kappa shape index (κ1) is 21.4. The van der Waals surface area contributed by atoms with Crippen molar-refractivity contribution in [1.29, 1.82) is 0 Å². The van der Waals surface area contributed by atoms with Crippen molar-refractivity contribution >= 4 is 29.5 Å². The van der Waals surface area contributed by atoms with Crippen molar-refractivity contribution in [3.05, 3.63) is 29.3 Å². The van der Waals surface area contributed by atoms with E-state index in [0.29, 0.717) is 0 Å². The van der Waals surface area contributed by atoms with Crippen LogP contribution in [0.2, 0.25) is 0 Å². The van der Waals surface area contributed by atoms with Gasteiger partial charge in [-0.15, -0.1) is 0 Å². The minimum absolute atomic E-state index is 0.0301. The number of carbonyl (C=O) groups excluding carboxylic acids is 4. The van der Waals surface area contributed by atoms with E-state index >= 15 is 0 Å². The molecule has 2 N–H and O–H groups in total. The van der Waals surface area contributed by atoms with Crippen molar-refractivity contribution in [3.63, 3.8) is 0 Å². The SMILES string of the molecule is CC[C@H](C)NC(=O)NC(=O)COC(=O)[C@H]1CC(=O)N(c2cccc(C)c2C)C1. The zero-order valence-corrected chi connectivity index (χ0v) is 16.7. The lowest BCUT2D eigenvalue weighted by Gasteiger charge is -2.20. The van der Waals surface area contributed by atoms with Crippen LogP contribution in [0.15, 0.2) is 18.2 Å². The Morgan fingerprint density at radius 1 is 1.29 bits per heavy atom. The highest BCUT2D eigenvalue weighted by Gasteiger charge is 2.37. The summed E-state index contributed by atoms with van der Waals surface area (Å²) in [4.78, 5) is 49.5. The van der Waals surface area contributed by atoms with Crippen molar-refractivity contribution < 1.29 is 23.9 Å². The van der Waals surface area contributed by atoms with Gasteiger partial charge >= 0.3 is 12.0 Å². The van der Waals surface area contributed by atoms with Gasteiger partial charge in [0.1, 0.15) is 0 Å². The lowest BCUT2D eigenvalue weighted by molar-refractivity contribution is -0.152. The molecule has 0 saturated carbocycles. The lowest BCUT2D eigenvalue weighted by atomic mass is 10.1. The molecule has 0 aliphatic carbocycles. The molecule has 8 nitrogen and oxygen atoms in total. The number of hydrogen-bond acceptors (Lipinski definition) is 5. The van der Waals surface area contributed by atoms with Crippen LogP contribution in [0.4, 0.5) is 10.5 Å². The molecule has 28 heavy (non-hydrogen) atoms. The fourth-order valence-electron chi connectivity index (χ4n) is 2.91. The summed E-state index contributed by atoms with van der Waals surface area (Å²) in [5.41, 5.74) is 2.82. The first-order valence-corrected chi connectivity index (χ1v) is 9.36. The van der Waals surface area contributed by atoms with Gasteiger partial charge in [0.15, 0.2) is 6.61 Å². The third kappa shape index (κ3) is 5.31. The van der Waals surface area contributed by atoms with E-state index in [2.05, 4.69) is 10.6 Å². The number of amides is 4. The molecule has 1 aromatic carbocycles. The minimum atomic E-state index is -0.718. The van der Waals surface area contributed by atoms with Crippen molar-refractivity contribution in [1.82, 2.24) is 10.6 Å². The van der Waals surface area contributed by atoms with Gasteiger partial charge in [-0.05, 0) is 44.4 Å². The third-order valence-corrected chi connectivity index (χ3v) is 4.91. The second kappa shape index (κ2) is 9.34. The fraction of sp³-hybridized carbons (Fsp3) is 0.500. The highest BCUT2D eigenvalue weighted by molar-refractivity contribution is 6.00. The van der Waals surface area contributed by atoms with Crippen LogP contribution in [0, 0.1) is 19.8 Å². The normalized spacial score (nSPS) is 17.2. The summed E-state index contributed by atoms with van der Waals surface area (Å²) in [5.74, 6) is -2.15.